The van der Waals surface area contributed by atoms with Gasteiger partial charge >= 0.3 is 0 Å². The van der Waals surface area contributed by atoms with Crippen molar-refractivity contribution in [2.24, 2.45) is 0 Å². The van der Waals surface area contributed by atoms with Crippen molar-refractivity contribution >= 4 is 11.6 Å². The van der Waals surface area contributed by atoms with Crippen molar-refractivity contribution in [2.45, 2.75) is 51.2 Å². The van der Waals surface area contributed by atoms with Crippen molar-refractivity contribution in [1.82, 2.24) is 5.48 Å². The number of hydroxylamine groups is 1. The summed E-state index contributed by atoms with van der Waals surface area (Å²) in [6.45, 7) is 2.14. The topological polar surface area (TPSA) is 21.3 Å². The second-order valence-corrected chi connectivity index (χ2v) is 5.31. The quantitative estimate of drug-likeness (QED) is 0.808. The third-order valence-electron chi connectivity index (χ3n) is 3.19. The molecule has 0 heterocycles. The third-order valence-corrected chi connectivity index (χ3v) is 3.45. The lowest BCUT2D eigenvalue weighted by atomic mass is 10.1. The maximum absolute atomic E-state index is 5.86. The van der Waals surface area contributed by atoms with Crippen LogP contribution in [0.4, 0.5) is 0 Å². The van der Waals surface area contributed by atoms with Gasteiger partial charge in [-0.2, -0.15) is 5.48 Å². The second kappa shape index (κ2) is 6.39. The maximum atomic E-state index is 5.86. The normalized spacial score (nSPS) is 18.5. The van der Waals surface area contributed by atoms with E-state index in [-0.39, 0.29) is 0 Å². The summed E-state index contributed by atoms with van der Waals surface area (Å²) in [5.74, 6) is 0. The fourth-order valence-corrected chi connectivity index (χ4v) is 2.36. The van der Waals surface area contributed by atoms with Crippen LogP contribution in [0.2, 0.25) is 5.02 Å². The van der Waals surface area contributed by atoms with Crippen LogP contribution in [0.15, 0.2) is 24.3 Å². The number of nitrogens with one attached hydrogen (secondary N) is 1. The minimum atomic E-state index is 0.330. The largest absolute Gasteiger partial charge is 0.298 e. The first-order valence-electron chi connectivity index (χ1n) is 6.39. The fraction of sp³-hybridized carbons (Fsp3) is 0.571. The van der Waals surface area contributed by atoms with Crippen molar-refractivity contribution in [3.8, 4) is 0 Å². The summed E-state index contributed by atoms with van der Waals surface area (Å²) in [6, 6.07) is 8.33. The molecule has 1 saturated carbocycles. The summed E-state index contributed by atoms with van der Waals surface area (Å²) < 4.78 is 0. The smallest absolute Gasteiger partial charge is 0.0790 e. The van der Waals surface area contributed by atoms with Crippen molar-refractivity contribution in [3.05, 3.63) is 34.9 Å². The summed E-state index contributed by atoms with van der Waals surface area (Å²) in [5.41, 5.74) is 4.44. The molecular formula is C14H20ClNO. The van der Waals surface area contributed by atoms with Crippen LogP contribution in [0, 0.1) is 0 Å². The number of hydrogen-bond donors (Lipinski definition) is 1. The zero-order valence-electron chi connectivity index (χ0n) is 10.3. The van der Waals surface area contributed by atoms with Gasteiger partial charge in [0.15, 0.2) is 0 Å². The van der Waals surface area contributed by atoms with Crippen molar-refractivity contribution in [2.75, 3.05) is 0 Å². The minimum absolute atomic E-state index is 0.330. The summed E-state index contributed by atoms with van der Waals surface area (Å²) in [4.78, 5) is 5.68. The third kappa shape index (κ3) is 4.30. The van der Waals surface area contributed by atoms with Gasteiger partial charge in [-0.05, 0) is 43.9 Å². The highest BCUT2D eigenvalue weighted by atomic mass is 35.5. The summed E-state index contributed by atoms with van der Waals surface area (Å²) in [5, 5.41) is 0.788. The molecule has 1 fully saturated rings. The first-order valence-corrected chi connectivity index (χ1v) is 6.77. The van der Waals surface area contributed by atoms with E-state index in [4.69, 9.17) is 16.4 Å². The zero-order chi connectivity index (χ0) is 12.1. The van der Waals surface area contributed by atoms with Crippen LogP contribution in [0.25, 0.3) is 0 Å². The van der Waals surface area contributed by atoms with E-state index in [2.05, 4.69) is 24.5 Å². The highest BCUT2D eigenvalue weighted by molar-refractivity contribution is 6.30. The first kappa shape index (κ1) is 12.9. The zero-order valence-corrected chi connectivity index (χ0v) is 11.0. The lowest BCUT2D eigenvalue weighted by Gasteiger charge is -2.17. The molecule has 0 amide bonds. The Labute approximate surface area is 108 Å². The van der Waals surface area contributed by atoms with Gasteiger partial charge in [-0.1, -0.05) is 36.6 Å². The van der Waals surface area contributed by atoms with Gasteiger partial charge < -0.3 is 0 Å². The Bertz CT molecular complexity index is 333. The number of rotatable bonds is 5. The fourth-order valence-electron chi connectivity index (χ4n) is 2.23. The van der Waals surface area contributed by atoms with Crippen LogP contribution < -0.4 is 5.48 Å². The second-order valence-electron chi connectivity index (χ2n) is 4.87. The van der Waals surface area contributed by atoms with Gasteiger partial charge in [0.05, 0.1) is 6.10 Å². The lowest BCUT2D eigenvalue weighted by Crippen LogP contribution is -2.31. The Morgan fingerprint density at radius 2 is 1.94 bits per heavy atom. The van der Waals surface area contributed by atoms with Crippen LogP contribution in [0.1, 0.15) is 38.2 Å². The number of benzene rings is 1. The molecule has 2 nitrogen and oxygen atoms in total. The number of hydrogen-bond acceptors (Lipinski definition) is 2. The molecule has 2 rings (SSSR count). The molecule has 0 bridgehead atoms. The molecule has 0 aromatic heterocycles. The molecule has 94 valence electrons. The van der Waals surface area contributed by atoms with Gasteiger partial charge in [0.2, 0.25) is 0 Å². The molecule has 1 aliphatic rings. The van der Waals surface area contributed by atoms with Gasteiger partial charge in [-0.3, -0.25) is 4.84 Å². The molecule has 0 radical (unpaired) electrons. The summed E-state index contributed by atoms with van der Waals surface area (Å²) in [6.07, 6.45) is 6.38. The monoisotopic (exact) mass is 253 g/mol. The molecule has 1 N–H and O–H groups in total. The SMILES string of the molecule is CC(Cc1ccc(Cl)cc1)NOC1CCCC1. The molecule has 1 aromatic rings. The van der Waals surface area contributed by atoms with Gasteiger partial charge in [-0.15, -0.1) is 0 Å². The minimum Gasteiger partial charge on any atom is -0.298 e. The van der Waals surface area contributed by atoms with Gasteiger partial charge in [-0.25, -0.2) is 0 Å². The average Bonchev–Trinajstić information content (AvgIpc) is 2.83. The molecule has 0 saturated heterocycles. The van der Waals surface area contributed by atoms with Crippen LogP contribution >= 0.6 is 11.6 Å². The molecule has 1 aliphatic carbocycles. The van der Waals surface area contributed by atoms with E-state index in [0.717, 1.165) is 11.4 Å². The maximum Gasteiger partial charge on any atom is 0.0790 e. The van der Waals surface area contributed by atoms with E-state index >= 15 is 0 Å². The Hall–Kier alpha value is -0.570. The van der Waals surface area contributed by atoms with Crippen molar-refractivity contribution < 1.29 is 4.84 Å². The van der Waals surface area contributed by atoms with E-state index in [1.165, 1.54) is 31.2 Å². The molecule has 1 atom stereocenters. The molecule has 17 heavy (non-hydrogen) atoms. The molecule has 3 heteroatoms. The Morgan fingerprint density at radius 1 is 1.29 bits per heavy atom. The van der Waals surface area contributed by atoms with Crippen LogP contribution in [0.5, 0.6) is 0 Å². The van der Waals surface area contributed by atoms with E-state index in [1.807, 2.05) is 12.1 Å². The molecule has 1 aromatic carbocycles. The van der Waals surface area contributed by atoms with Crippen LogP contribution in [-0.2, 0) is 11.3 Å². The standard InChI is InChI=1S/C14H20ClNO/c1-11(16-17-14-4-2-3-5-14)10-12-6-8-13(15)9-7-12/h6-9,11,14,16H,2-5,10H2,1H3. The van der Waals surface area contributed by atoms with E-state index < -0.39 is 0 Å². The van der Waals surface area contributed by atoms with Crippen LogP contribution in [-0.4, -0.2) is 12.1 Å². The predicted molar refractivity (Wildman–Crippen MR) is 71.1 cm³/mol. The van der Waals surface area contributed by atoms with Crippen LogP contribution in [0.3, 0.4) is 0 Å². The van der Waals surface area contributed by atoms with Gasteiger partial charge in [0.25, 0.3) is 0 Å². The molecule has 0 aliphatic heterocycles. The summed E-state index contributed by atoms with van der Waals surface area (Å²) in [7, 11) is 0. The average molecular weight is 254 g/mol. The summed E-state index contributed by atoms with van der Waals surface area (Å²) >= 11 is 5.86. The number of halogens is 1. The van der Waals surface area contributed by atoms with Gasteiger partial charge in [0, 0.05) is 11.1 Å². The Morgan fingerprint density at radius 3 is 2.59 bits per heavy atom. The Kier molecular flexibility index (Phi) is 4.84. The lowest BCUT2D eigenvalue weighted by molar-refractivity contribution is -0.0369. The van der Waals surface area contributed by atoms with Crippen molar-refractivity contribution in [1.29, 1.82) is 0 Å². The molecular weight excluding hydrogens is 234 g/mol. The first-order chi connectivity index (χ1) is 8.24. The van der Waals surface area contributed by atoms with E-state index in [1.54, 1.807) is 0 Å². The highest BCUT2D eigenvalue weighted by Crippen LogP contribution is 2.20. The van der Waals surface area contributed by atoms with E-state index in [0.29, 0.717) is 12.1 Å². The molecule has 1 unspecified atom stereocenters. The van der Waals surface area contributed by atoms with Gasteiger partial charge in [0.1, 0.15) is 0 Å². The highest BCUT2D eigenvalue weighted by Gasteiger charge is 2.16. The Balaban J connectivity index is 1.72. The molecule has 0 spiro atoms. The predicted octanol–water partition coefficient (Wildman–Crippen LogP) is 3.73. The van der Waals surface area contributed by atoms with Crippen molar-refractivity contribution in [3.63, 3.8) is 0 Å². The van der Waals surface area contributed by atoms with E-state index in [9.17, 15) is 0 Å².